The molecular formula is C42H50N2O9. The molecule has 0 saturated carbocycles. The molecule has 282 valence electrons. The Morgan fingerprint density at radius 1 is 0.566 bits per heavy atom. The zero-order valence-electron chi connectivity index (χ0n) is 32.4. The predicted molar refractivity (Wildman–Crippen MR) is 203 cm³/mol. The van der Waals surface area contributed by atoms with Gasteiger partial charge < -0.3 is 42.6 Å². The predicted octanol–water partition coefficient (Wildman–Crippen LogP) is 7.07. The summed E-state index contributed by atoms with van der Waals surface area (Å²) in [4.78, 5) is 4.77. The zero-order chi connectivity index (χ0) is 37.6. The molecule has 0 unspecified atom stereocenters. The average molecular weight is 727 g/mol. The lowest BCUT2D eigenvalue weighted by Gasteiger charge is -2.41. The Bertz CT molecular complexity index is 2030. The molecule has 1 aliphatic carbocycles. The molecule has 0 N–H and O–H groups in total. The molecule has 2 heterocycles. The van der Waals surface area contributed by atoms with Crippen LogP contribution in [0, 0.1) is 0 Å². The highest BCUT2D eigenvalue weighted by atomic mass is 16.6. The number of ether oxygens (including phenoxy) is 9. The highest BCUT2D eigenvalue weighted by Gasteiger charge is 2.40. The maximum absolute atomic E-state index is 6.98. The van der Waals surface area contributed by atoms with Crippen LogP contribution < -0.4 is 42.6 Å². The topological polar surface area (TPSA) is 89.6 Å². The Labute approximate surface area is 312 Å². The molecule has 0 aromatic heterocycles. The Hall–Kier alpha value is -5.00. The number of hydrogen-bond acceptors (Lipinski definition) is 11. The quantitative estimate of drug-likeness (QED) is 0.150. The number of likely N-dealkylation sites (N-methyl/N-ethyl adjacent to an activating group) is 2. The van der Waals surface area contributed by atoms with Crippen LogP contribution in [0.25, 0.3) is 11.1 Å². The van der Waals surface area contributed by atoms with Crippen LogP contribution in [-0.4, -0.2) is 93.9 Å². The molecule has 0 amide bonds. The average Bonchev–Trinajstić information content (AvgIpc) is 3.18. The summed E-state index contributed by atoms with van der Waals surface area (Å²) < 4.78 is 54.2. The highest BCUT2D eigenvalue weighted by molar-refractivity contribution is 5.87. The van der Waals surface area contributed by atoms with Crippen LogP contribution in [0.4, 0.5) is 0 Å². The summed E-state index contributed by atoms with van der Waals surface area (Å²) >= 11 is 0. The second-order valence-electron chi connectivity index (χ2n) is 13.7. The van der Waals surface area contributed by atoms with Gasteiger partial charge in [-0.25, -0.2) is 0 Å². The molecule has 0 saturated heterocycles. The Balaban J connectivity index is 1.36. The summed E-state index contributed by atoms with van der Waals surface area (Å²) in [6.45, 7) is 1.79. The highest BCUT2D eigenvalue weighted by Crippen LogP contribution is 2.58. The van der Waals surface area contributed by atoms with E-state index >= 15 is 0 Å². The van der Waals surface area contributed by atoms with Crippen LogP contribution >= 0.6 is 0 Å². The Morgan fingerprint density at radius 3 is 1.85 bits per heavy atom. The monoisotopic (exact) mass is 726 g/mol. The molecule has 53 heavy (non-hydrogen) atoms. The minimum Gasteiger partial charge on any atom is -0.493 e. The first-order valence-electron chi connectivity index (χ1n) is 17.9. The summed E-state index contributed by atoms with van der Waals surface area (Å²) in [5.74, 6) is 6.21. The van der Waals surface area contributed by atoms with E-state index in [0.717, 1.165) is 71.7 Å². The van der Waals surface area contributed by atoms with Gasteiger partial charge in [0.25, 0.3) is 0 Å². The van der Waals surface area contributed by atoms with E-state index in [1.165, 1.54) is 16.7 Å². The number of fused-ring (bicyclic) bond motifs is 3. The van der Waals surface area contributed by atoms with Gasteiger partial charge in [0.15, 0.2) is 46.0 Å². The molecule has 2 atom stereocenters. The number of methoxy groups -OCH3 is 8. The third kappa shape index (κ3) is 5.99. The van der Waals surface area contributed by atoms with Gasteiger partial charge >= 0.3 is 0 Å². The lowest BCUT2D eigenvalue weighted by molar-refractivity contribution is 0.222. The van der Waals surface area contributed by atoms with Crippen LogP contribution in [0.1, 0.15) is 45.5 Å². The molecule has 2 aliphatic heterocycles. The van der Waals surface area contributed by atoms with Gasteiger partial charge in [0.1, 0.15) is 0 Å². The first-order valence-corrected chi connectivity index (χ1v) is 17.9. The summed E-state index contributed by atoms with van der Waals surface area (Å²) in [6, 6.07) is 12.5. The van der Waals surface area contributed by atoms with Gasteiger partial charge in [-0.1, -0.05) is 6.07 Å². The van der Waals surface area contributed by atoms with Gasteiger partial charge in [-0.15, -0.1) is 0 Å². The van der Waals surface area contributed by atoms with Crippen molar-refractivity contribution < 1.29 is 42.6 Å². The van der Waals surface area contributed by atoms with Crippen molar-refractivity contribution in [3.63, 3.8) is 0 Å². The van der Waals surface area contributed by atoms with Crippen molar-refractivity contribution >= 4 is 0 Å². The fourth-order valence-electron chi connectivity index (χ4n) is 8.55. The van der Waals surface area contributed by atoms with Gasteiger partial charge in [-0.3, -0.25) is 9.80 Å². The third-order valence-electron chi connectivity index (χ3n) is 11.2. The van der Waals surface area contributed by atoms with Crippen molar-refractivity contribution in [3.05, 3.63) is 69.8 Å². The van der Waals surface area contributed by atoms with Crippen molar-refractivity contribution in [2.45, 2.75) is 37.8 Å². The standard InChI is InChI=1S/C42H50N2O9/c1-43-15-13-23-19-32(46-4)33(47-5)21-27(23)29(43)17-24-11-12-31(45-3)40(50-8)38(24)53-35-20-25-18-30-36-26(14-16-44(30)2)39(49-7)42(52-10)41(51-9)37(36)28(25)22-34(35)48-6/h11-12,19-22,29-30H,13-18H2,1-10H3/t29-,30-/m0/s1. The molecule has 11 nitrogen and oxygen atoms in total. The summed E-state index contributed by atoms with van der Waals surface area (Å²) in [5.41, 5.74) is 8.87. The van der Waals surface area contributed by atoms with Gasteiger partial charge in [0.2, 0.25) is 11.5 Å². The minimum atomic E-state index is 0.0383. The zero-order valence-corrected chi connectivity index (χ0v) is 32.4. The summed E-state index contributed by atoms with van der Waals surface area (Å²) in [6.07, 6.45) is 3.16. The van der Waals surface area contributed by atoms with Gasteiger partial charge in [-0.05, 0) is 97.9 Å². The molecule has 11 heteroatoms. The van der Waals surface area contributed by atoms with E-state index < -0.39 is 0 Å². The maximum atomic E-state index is 6.98. The van der Waals surface area contributed by atoms with E-state index in [-0.39, 0.29) is 12.1 Å². The Morgan fingerprint density at radius 2 is 1.19 bits per heavy atom. The van der Waals surface area contributed by atoms with E-state index in [4.69, 9.17) is 42.6 Å². The number of hydrogen-bond donors (Lipinski definition) is 0. The minimum absolute atomic E-state index is 0.0383. The van der Waals surface area contributed by atoms with Crippen LogP contribution in [-0.2, 0) is 25.7 Å². The smallest absolute Gasteiger partial charge is 0.204 e. The first-order chi connectivity index (χ1) is 25.7. The van der Waals surface area contributed by atoms with Gasteiger partial charge in [-0.2, -0.15) is 0 Å². The van der Waals surface area contributed by atoms with Gasteiger partial charge in [0.05, 0.1) is 56.9 Å². The second kappa shape index (κ2) is 14.8. The fraction of sp³-hybridized carbons (Fsp3) is 0.429. The molecular weight excluding hydrogens is 676 g/mol. The van der Waals surface area contributed by atoms with Crippen LogP contribution in [0.3, 0.4) is 0 Å². The van der Waals surface area contributed by atoms with Crippen molar-refractivity contribution in [1.82, 2.24) is 9.80 Å². The van der Waals surface area contributed by atoms with Crippen molar-refractivity contribution in [3.8, 4) is 68.6 Å². The van der Waals surface area contributed by atoms with Crippen LogP contribution in [0.5, 0.6) is 57.5 Å². The lowest BCUT2D eigenvalue weighted by Crippen LogP contribution is -2.36. The normalized spacial score (nSPS) is 17.5. The third-order valence-corrected chi connectivity index (χ3v) is 11.2. The van der Waals surface area contributed by atoms with Crippen molar-refractivity contribution in [1.29, 1.82) is 0 Å². The van der Waals surface area contributed by atoms with Crippen LogP contribution in [0.15, 0.2) is 36.4 Å². The van der Waals surface area contributed by atoms with E-state index in [1.54, 1.807) is 56.9 Å². The number of nitrogens with zero attached hydrogens (tertiary/aromatic N) is 2. The lowest BCUT2D eigenvalue weighted by atomic mass is 9.76. The fourth-order valence-corrected chi connectivity index (χ4v) is 8.55. The molecule has 0 spiro atoms. The maximum Gasteiger partial charge on any atom is 0.204 e. The number of rotatable bonds is 12. The summed E-state index contributed by atoms with van der Waals surface area (Å²) in [7, 11) is 17.6. The van der Waals surface area contributed by atoms with Crippen LogP contribution in [0.2, 0.25) is 0 Å². The molecule has 0 fully saturated rings. The number of benzene rings is 4. The SMILES string of the molecule is COc1cc2c(cc1OC)[C@H](Cc1ccc(OC)c(OC)c1Oc1cc3c(cc1OC)-c1c(OC)c(OC)c(OC)c4c1[C@H](C3)N(C)CC4)N(C)CC2. The van der Waals surface area contributed by atoms with E-state index in [2.05, 4.69) is 54.2 Å². The van der Waals surface area contributed by atoms with E-state index in [0.29, 0.717) is 52.4 Å². The van der Waals surface area contributed by atoms with Crippen molar-refractivity contribution in [2.75, 3.05) is 84.1 Å². The molecule has 7 rings (SSSR count). The van der Waals surface area contributed by atoms with Gasteiger partial charge in [0, 0.05) is 41.9 Å². The molecule has 3 aliphatic rings. The van der Waals surface area contributed by atoms with Crippen molar-refractivity contribution in [2.24, 2.45) is 0 Å². The second-order valence-corrected chi connectivity index (χ2v) is 13.7. The van der Waals surface area contributed by atoms with E-state index in [9.17, 15) is 0 Å². The molecule has 0 radical (unpaired) electrons. The first kappa shape index (κ1) is 36.4. The van der Waals surface area contributed by atoms with E-state index in [1.807, 2.05) is 6.07 Å². The molecule has 4 aromatic rings. The largest absolute Gasteiger partial charge is 0.493 e. The Kier molecular flexibility index (Phi) is 10.1. The molecule has 0 bridgehead atoms. The summed E-state index contributed by atoms with van der Waals surface area (Å²) in [5, 5.41) is 0. The molecule has 4 aromatic carbocycles.